The van der Waals surface area contributed by atoms with Crippen molar-refractivity contribution in [1.82, 2.24) is 0 Å². The molecule has 156 valence electrons. The molecule has 1 saturated heterocycles. The van der Waals surface area contributed by atoms with Gasteiger partial charge in [-0.25, -0.2) is 4.90 Å². The van der Waals surface area contributed by atoms with Crippen molar-refractivity contribution in [2.24, 2.45) is 11.8 Å². The summed E-state index contributed by atoms with van der Waals surface area (Å²) in [5.41, 5.74) is -0.240. The second-order valence-electron chi connectivity index (χ2n) is 7.11. The molecule has 1 aromatic rings. The Bertz CT molecular complexity index is 855. The van der Waals surface area contributed by atoms with Crippen LogP contribution in [-0.4, -0.2) is 29.7 Å². The highest BCUT2D eigenvalue weighted by Crippen LogP contribution is 2.47. The van der Waals surface area contributed by atoms with Crippen LogP contribution < -0.4 is 19.1 Å². The van der Waals surface area contributed by atoms with Crippen LogP contribution in [0.3, 0.4) is 0 Å². The van der Waals surface area contributed by atoms with Gasteiger partial charge in [0.25, 0.3) is 0 Å². The number of anilines is 1. The maximum Gasteiger partial charge on any atom is 0.313 e. The quantitative estimate of drug-likeness (QED) is 0.402. The van der Waals surface area contributed by atoms with Gasteiger partial charge in [-0.1, -0.05) is 27.7 Å². The van der Waals surface area contributed by atoms with E-state index >= 15 is 0 Å². The van der Waals surface area contributed by atoms with E-state index in [1.807, 2.05) is 0 Å². The monoisotopic (exact) mass is 405 g/mol. The minimum Gasteiger partial charge on any atom is -0.424 e. The number of nitrogens with zero attached hydrogens (tertiary/aromatic N) is 1. The molecule has 1 aliphatic rings. The van der Waals surface area contributed by atoms with Crippen LogP contribution in [0.4, 0.5) is 5.69 Å². The van der Waals surface area contributed by atoms with Crippen molar-refractivity contribution in [2.45, 2.75) is 47.5 Å². The van der Waals surface area contributed by atoms with E-state index in [9.17, 15) is 24.0 Å². The van der Waals surface area contributed by atoms with E-state index in [-0.39, 0.29) is 35.8 Å². The zero-order valence-corrected chi connectivity index (χ0v) is 16.9. The van der Waals surface area contributed by atoms with Crippen molar-refractivity contribution >= 4 is 35.4 Å². The maximum atomic E-state index is 12.4. The third-order valence-electron chi connectivity index (χ3n) is 3.94. The fourth-order valence-corrected chi connectivity index (χ4v) is 2.43. The van der Waals surface area contributed by atoms with Crippen LogP contribution in [0.15, 0.2) is 12.1 Å². The number of ether oxygens (including phenoxy) is 3. The van der Waals surface area contributed by atoms with Crippen LogP contribution in [0.1, 0.15) is 47.5 Å². The van der Waals surface area contributed by atoms with Crippen LogP contribution in [0.25, 0.3) is 0 Å². The summed E-state index contributed by atoms with van der Waals surface area (Å²) in [4.78, 5) is 61.4. The molecule has 2 amide bonds. The minimum absolute atomic E-state index is 0.0497. The third kappa shape index (κ3) is 4.98. The first-order chi connectivity index (χ1) is 13.5. The summed E-state index contributed by atoms with van der Waals surface area (Å²) in [6, 6.07) is 2.54. The molecule has 0 spiro atoms. The van der Waals surface area contributed by atoms with Gasteiger partial charge in [-0.2, -0.15) is 0 Å². The first-order valence-corrected chi connectivity index (χ1v) is 9.17. The highest BCUT2D eigenvalue weighted by atomic mass is 16.6. The van der Waals surface area contributed by atoms with Gasteiger partial charge in [0.05, 0.1) is 11.8 Å². The number of amides is 2. The molecule has 0 aliphatic carbocycles. The molecule has 9 heteroatoms. The predicted octanol–water partition coefficient (Wildman–Crippen LogP) is 2.39. The molecular weight excluding hydrogens is 382 g/mol. The fraction of sp³-hybridized carbons (Fsp3) is 0.450. The largest absolute Gasteiger partial charge is 0.424 e. The molecule has 1 aliphatic heterocycles. The number of hydrogen-bond donors (Lipinski definition) is 0. The predicted molar refractivity (Wildman–Crippen MR) is 100 cm³/mol. The summed E-state index contributed by atoms with van der Waals surface area (Å²) in [7, 11) is 0. The lowest BCUT2D eigenvalue weighted by atomic mass is 10.2. The topological polar surface area (TPSA) is 116 Å². The molecule has 0 aromatic heterocycles. The Hall–Kier alpha value is -3.23. The van der Waals surface area contributed by atoms with Crippen molar-refractivity contribution in [1.29, 1.82) is 0 Å². The number of hydrogen-bond acceptors (Lipinski definition) is 8. The number of esters is 3. The molecule has 2 rings (SSSR count). The van der Waals surface area contributed by atoms with Crippen molar-refractivity contribution in [3.05, 3.63) is 12.1 Å². The number of rotatable bonds is 6. The second-order valence-corrected chi connectivity index (χ2v) is 7.11. The number of benzene rings is 1. The number of imide groups is 1. The van der Waals surface area contributed by atoms with E-state index in [0.29, 0.717) is 0 Å². The Morgan fingerprint density at radius 1 is 0.828 bits per heavy atom. The lowest BCUT2D eigenvalue weighted by Gasteiger charge is -2.23. The first-order valence-electron chi connectivity index (χ1n) is 9.17. The van der Waals surface area contributed by atoms with Crippen LogP contribution in [-0.2, 0) is 24.0 Å². The van der Waals surface area contributed by atoms with Gasteiger partial charge in [-0.05, 0) is 12.1 Å². The molecule has 1 heterocycles. The molecule has 0 bridgehead atoms. The summed E-state index contributed by atoms with van der Waals surface area (Å²) in [5.74, 6) is -4.85. The zero-order chi connectivity index (χ0) is 21.9. The highest BCUT2D eigenvalue weighted by molar-refractivity contribution is 6.21. The number of carbonyl (C=O) groups is 5. The van der Waals surface area contributed by atoms with Gasteiger partial charge in [0.2, 0.25) is 17.6 Å². The molecular formula is C20H23NO8. The zero-order valence-electron chi connectivity index (χ0n) is 16.9. The van der Waals surface area contributed by atoms with Crippen molar-refractivity contribution in [3.8, 4) is 17.2 Å². The highest BCUT2D eigenvalue weighted by Gasteiger charge is 2.37. The lowest BCUT2D eigenvalue weighted by Crippen LogP contribution is -2.31. The molecule has 0 radical (unpaired) electrons. The van der Waals surface area contributed by atoms with E-state index in [0.717, 1.165) is 11.8 Å². The molecule has 1 fully saturated rings. The van der Waals surface area contributed by atoms with E-state index in [4.69, 9.17) is 14.2 Å². The normalized spacial score (nSPS) is 13.8. The Morgan fingerprint density at radius 2 is 1.31 bits per heavy atom. The standard InChI is InChI=1S/C20H23NO8/c1-10(2)19(25)28-14-7-6-13(27-12(5)22)17(18(14)29-20(26)11(3)4)21-15(23)8-9-16(21)24/h6-7,10-11H,8-9H2,1-5H3. The summed E-state index contributed by atoms with van der Waals surface area (Å²) < 4.78 is 15.8. The van der Waals surface area contributed by atoms with Crippen LogP contribution >= 0.6 is 0 Å². The van der Waals surface area contributed by atoms with Crippen molar-refractivity contribution in [3.63, 3.8) is 0 Å². The van der Waals surface area contributed by atoms with Crippen molar-refractivity contribution in [2.75, 3.05) is 4.90 Å². The maximum absolute atomic E-state index is 12.4. The average molecular weight is 405 g/mol. The van der Waals surface area contributed by atoms with Gasteiger partial charge in [0.1, 0.15) is 5.69 Å². The molecule has 0 saturated carbocycles. The Labute approximate surface area is 167 Å². The van der Waals surface area contributed by atoms with E-state index in [1.54, 1.807) is 27.7 Å². The Morgan fingerprint density at radius 3 is 1.79 bits per heavy atom. The Kier molecular flexibility index (Phi) is 6.73. The van der Waals surface area contributed by atoms with E-state index in [2.05, 4.69) is 0 Å². The van der Waals surface area contributed by atoms with Crippen molar-refractivity contribution < 1.29 is 38.2 Å². The molecule has 9 nitrogen and oxygen atoms in total. The van der Waals surface area contributed by atoms with Gasteiger partial charge in [0, 0.05) is 19.8 Å². The van der Waals surface area contributed by atoms with E-state index in [1.165, 1.54) is 12.1 Å². The molecule has 29 heavy (non-hydrogen) atoms. The third-order valence-corrected chi connectivity index (χ3v) is 3.94. The van der Waals surface area contributed by atoms with Gasteiger partial charge in [0.15, 0.2) is 11.5 Å². The smallest absolute Gasteiger partial charge is 0.313 e. The van der Waals surface area contributed by atoms with Gasteiger partial charge < -0.3 is 14.2 Å². The van der Waals surface area contributed by atoms with Gasteiger partial charge >= 0.3 is 17.9 Å². The molecule has 1 aromatic carbocycles. The molecule has 0 unspecified atom stereocenters. The lowest BCUT2D eigenvalue weighted by molar-refractivity contribution is -0.140. The van der Waals surface area contributed by atoms with Gasteiger partial charge in [-0.15, -0.1) is 0 Å². The SMILES string of the molecule is CC(=O)Oc1ccc(OC(=O)C(C)C)c(OC(=O)C(C)C)c1N1C(=O)CCC1=O. The van der Waals surface area contributed by atoms with Gasteiger partial charge in [-0.3, -0.25) is 24.0 Å². The fourth-order valence-electron chi connectivity index (χ4n) is 2.43. The number of carbonyl (C=O) groups excluding carboxylic acids is 5. The average Bonchev–Trinajstić information content (AvgIpc) is 2.95. The molecule has 0 atom stereocenters. The summed E-state index contributed by atoms with van der Waals surface area (Å²) >= 11 is 0. The van der Waals surface area contributed by atoms with E-state index < -0.39 is 41.6 Å². The second kappa shape index (κ2) is 8.85. The van der Waals surface area contributed by atoms with Crippen LogP contribution in [0.5, 0.6) is 17.2 Å². The van der Waals surface area contributed by atoms with Crippen LogP contribution in [0, 0.1) is 11.8 Å². The minimum atomic E-state index is -0.710. The Balaban J connectivity index is 2.72. The summed E-state index contributed by atoms with van der Waals surface area (Å²) in [6.45, 7) is 7.55. The van der Waals surface area contributed by atoms with Crippen LogP contribution in [0.2, 0.25) is 0 Å². The summed E-state index contributed by atoms with van der Waals surface area (Å²) in [5, 5.41) is 0. The summed E-state index contributed by atoms with van der Waals surface area (Å²) in [6.07, 6.45) is -0.0994. The first kappa shape index (κ1) is 22.1. The molecule has 0 N–H and O–H groups in total.